The number of hydrogen-bond acceptors (Lipinski definition) is 2. The lowest BCUT2D eigenvalue weighted by Gasteiger charge is -2.07. The van der Waals surface area contributed by atoms with E-state index in [1.165, 1.54) is 5.56 Å². The molecule has 1 atom stereocenters. The average molecular weight is 164 g/mol. The number of ether oxygens (including phenoxy) is 2. The molecule has 1 aliphatic rings. The molecule has 0 saturated carbocycles. The summed E-state index contributed by atoms with van der Waals surface area (Å²) in [5, 5.41) is 0. The van der Waals surface area contributed by atoms with E-state index in [2.05, 4.69) is 6.07 Å². The van der Waals surface area contributed by atoms with Gasteiger partial charge in [-0.25, -0.2) is 0 Å². The van der Waals surface area contributed by atoms with Gasteiger partial charge in [-0.1, -0.05) is 18.2 Å². The summed E-state index contributed by atoms with van der Waals surface area (Å²) in [6.07, 6.45) is 1.19. The highest BCUT2D eigenvalue weighted by Gasteiger charge is 2.21. The van der Waals surface area contributed by atoms with Gasteiger partial charge in [-0.15, -0.1) is 0 Å². The van der Waals surface area contributed by atoms with Crippen LogP contribution in [0.2, 0.25) is 0 Å². The molecule has 2 rings (SSSR count). The lowest BCUT2D eigenvalue weighted by molar-refractivity contribution is 0.0951. The smallest absolute Gasteiger partial charge is 0.126 e. The van der Waals surface area contributed by atoms with Crippen molar-refractivity contribution in [1.29, 1.82) is 0 Å². The molecule has 0 fully saturated rings. The summed E-state index contributed by atoms with van der Waals surface area (Å²) in [4.78, 5) is 0. The SMILES string of the molecule is COC[C@@H]1Cc2ccccc2O1. The highest BCUT2D eigenvalue weighted by atomic mass is 16.5. The minimum absolute atomic E-state index is 0.215. The fraction of sp³-hybridized carbons (Fsp3) is 0.400. The Labute approximate surface area is 72.1 Å². The molecule has 0 amide bonds. The molecule has 1 heterocycles. The normalized spacial score (nSPS) is 20.2. The lowest BCUT2D eigenvalue weighted by Crippen LogP contribution is -2.19. The third kappa shape index (κ3) is 1.30. The van der Waals surface area contributed by atoms with Gasteiger partial charge < -0.3 is 9.47 Å². The predicted octanol–water partition coefficient (Wildman–Crippen LogP) is 1.64. The first kappa shape index (κ1) is 7.62. The van der Waals surface area contributed by atoms with E-state index in [1.807, 2.05) is 18.2 Å². The zero-order valence-corrected chi connectivity index (χ0v) is 7.12. The van der Waals surface area contributed by atoms with Gasteiger partial charge in [-0.05, 0) is 11.6 Å². The minimum atomic E-state index is 0.215. The molecule has 2 nitrogen and oxygen atoms in total. The zero-order chi connectivity index (χ0) is 8.39. The highest BCUT2D eigenvalue weighted by Crippen LogP contribution is 2.27. The van der Waals surface area contributed by atoms with Crippen molar-refractivity contribution in [1.82, 2.24) is 0 Å². The fourth-order valence-electron chi connectivity index (χ4n) is 1.53. The summed E-state index contributed by atoms with van der Waals surface area (Å²) in [7, 11) is 1.70. The summed E-state index contributed by atoms with van der Waals surface area (Å²) >= 11 is 0. The molecule has 1 aliphatic heterocycles. The van der Waals surface area contributed by atoms with Crippen molar-refractivity contribution in [2.45, 2.75) is 12.5 Å². The molecule has 0 aromatic heterocycles. The maximum Gasteiger partial charge on any atom is 0.126 e. The molecule has 12 heavy (non-hydrogen) atoms. The van der Waals surface area contributed by atoms with E-state index in [1.54, 1.807) is 7.11 Å². The van der Waals surface area contributed by atoms with Gasteiger partial charge >= 0.3 is 0 Å². The number of methoxy groups -OCH3 is 1. The summed E-state index contributed by atoms with van der Waals surface area (Å²) in [6, 6.07) is 8.14. The zero-order valence-electron chi connectivity index (χ0n) is 7.12. The van der Waals surface area contributed by atoms with E-state index in [9.17, 15) is 0 Å². The van der Waals surface area contributed by atoms with E-state index in [0.29, 0.717) is 6.61 Å². The van der Waals surface area contributed by atoms with Crippen molar-refractivity contribution in [2.24, 2.45) is 0 Å². The first-order valence-corrected chi connectivity index (χ1v) is 4.13. The van der Waals surface area contributed by atoms with Gasteiger partial charge in [0.25, 0.3) is 0 Å². The monoisotopic (exact) mass is 164 g/mol. The molecular formula is C10H12O2. The molecule has 1 aromatic carbocycles. The molecule has 0 aliphatic carbocycles. The number of benzene rings is 1. The van der Waals surface area contributed by atoms with Gasteiger partial charge in [0.2, 0.25) is 0 Å². The predicted molar refractivity (Wildman–Crippen MR) is 46.4 cm³/mol. The van der Waals surface area contributed by atoms with Crippen LogP contribution in [0.25, 0.3) is 0 Å². The Kier molecular flexibility index (Phi) is 2.00. The van der Waals surface area contributed by atoms with Crippen molar-refractivity contribution in [3.63, 3.8) is 0 Å². The molecule has 0 saturated heterocycles. The van der Waals surface area contributed by atoms with Crippen molar-refractivity contribution in [3.8, 4) is 5.75 Å². The summed E-state index contributed by atoms with van der Waals surface area (Å²) < 4.78 is 10.7. The van der Waals surface area contributed by atoms with Crippen LogP contribution in [0.15, 0.2) is 24.3 Å². The second-order valence-electron chi connectivity index (χ2n) is 3.01. The lowest BCUT2D eigenvalue weighted by atomic mass is 10.1. The number of fused-ring (bicyclic) bond motifs is 1. The van der Waals surface area contributed by atoms with E-state index in [0.717, 1.165) is 12.2 Å². The highest BCUT2D eigenvalue weighted by molar-refractivity contribution is 5.37. The molecule has 1 aromatic rings. The minimum Gasteiger partial charge on any atom is -0.487 e. The Morgan fingerprint density at radius 1 is 1.50 bits per heavy atom. The van der Waals surface area contributed by atoms with Crippen LogP contribution in [-0.2, 0) is 11.2 Å². The molecule has 0 bridgehead atoms. The van der Waals surface area contributed by atoms with Gasteiger partial charge in [0, 0.05) is 13.5 Å². The molecule has 0 N–H and O–H groups in total. The largest absolute Gasteiger partial charge is 0.487 e. The van der Waals surface area contributed by atoms with Crippen LogP contribution in [0.1, 0.15) is 5.56 Å². The maximum absolute atomic E-state index is 5.62. The van der Waals surface area contributed by atoms with Crippen LogP contribution in [-0.4, -0.2) is 19.8 Å². The summed E-state index contributed by atoms with van der Waals surface area (Å²) in [6.45, 7) is 0.675. The first-order valence-electron chi connectivity index (χ1n) is 4.13. The second kappa shape index (κ2) is 3.15. The van der Waals surface area contributed by atoms with Gasteiger partial charge in [-0.3, -0.25) is 0 Å². The van der Waals surface area contributed by atoms with Crippen LogP contribution in [0.5, 0.6) is 5.75 Å². The Balaban J connectivity index is 2.11. The van der Waals surface area contributed by atoms with Gasteiger partial charge in [-0.2, -0.15) is 0 Å². The topological polar surface area (TPSA) is 18.5 Å². The van der Waals surface area contributed by atoms with Gasteiger partial charge in [0.15, 0.2) is 0 Å². The van der Waals surface area contributed by atoms with Crippen LogP contribution >= 0.6 is 0 Å². The fourth-order valence-corrected chi connectivity index (χ4v) is 1.53. The molecule has 2 heteroatoms. The molecule has 0 radical (unpaired) electrons. The Bertz CT molecular complexity index is 245. The van der Waals surface area contributed by atoms with E-state index in [-0.39, 0.29) is 6.10 Å². The van der Waals surface area contributed by atoms with Gasteiger partial charge in [0.1, 0.15) is 11.9 Å². The number of para-hydroxylation sites is 1. The molecule has 64 valence electrons. The molecule has 0 unspecified atom stereocenters. The Morgan fingerprint density at radius 3 is 3.08 bits per heavy atom. The summed E-state index contributed by atoms with van der Waals surface area (Å²) in [5.74, 6) is 1.01. The van der Waals surface area contributed by atoms with Crippen molar-refractivity contribution >= 4 is 0 Å². The van der Waals surface area contributed by atoms with Crippen LogP contribution in [0.3, 0.4) is 0 Å². The number of hydrogen-bond donors (Lipinski definition) is 0. The van der Waals surface area contributed by atoms with Gasteiger partial charge in [0.05, 0.1) is 6.61 Å². The summed E-state index contributed by atoms with van der Waals surface area (Å²) in [5.41, 5.74) is 1.29. The third-order valence-electron chi connectivity index (χ3n) is 2.07. The van der Waals surface area contributed by atoms with Crippen molar-refractivity contribution in [3.05, 3.63) is 29.8 Å². The molecular weight excluding hydrogens is 152 g/mol. The standard InChI is InChI=1S/C10H12O2/c1-11-7-9-6-8-4-2-3-5-10(8)12-9/h2-5,9H,6-7H2,1H3/t9-/m0/s1. The van der Waals surface area contributed by atoms with Crippen LogP contribution < -0.4 is 4.74 Å². The van der Waals surface area contributed by atoms with Crippen molar-refractivity contribution < 1.29 is 9.47 Å². The van der Waals surface area contributed by atoms with Crippen LogP contribution in [0.4, 0.5) is 0 Å². The first-order chi connectivity index (χ1) is 5.90. The van der Waals surface area contributed by atoms with Crippen molar-refractivity contribution in [2.75, 3.05) is 13.7 Å². The Hall–Kier alpha value is -1.02. The maximum atomic E-state index is 5.62. The Morgan fingerprint density at radius 2 is 2.33 bits per heavy atom. The third-order valence-corrected chi connectivity index (χ3v) is 2.07. The molecule has 0 spiro atoms. The van der Waals surface area contributed by atoms with Crippen LogP contribution in [0, 0.1) is 0 Å². The quantitative estimate of drug-likeness (QED) is 0.661. The number of rotatable bonds is 2. The average Bonchev–Trinajstić information content (AvgIpc) is 2.47. The van der Waals surface area contributed by atoms with E-state index in [4.69, 9.17) is 9.47 Å². The van der Waals surface area contributed by atoms with E-state index >= 15 is 0 Å². The van der Waals surface area contributed by atoms with E-state index < -0.39 is 0 Å². The second-order valence-corrected chi connectivity index (χ2v) is 3.01.